The average Bonchev–Trinajstić information content (AvgIpc) is 3.04. The van der Waals surface area contributed by atoms with Crippen molar-refractivity contribution in [3.8, 4) is 5.75 Å². The van der Waals surface area contributed by atoms with E-state index in [1.807, 2.05) is 53.4 Å². The zero-order valence-corrected chi connectivity index (χ0v) is 14.1. The Kier molecular flexibility index (Phi) is 5.38. The second-order valence-electron chi connectivity index (χ2n) is 6.03. The summed E-state index contributed by atoms with van der Waals surface area (Å²) in [6.45, 7) is 1.99. The molecule has 0 aliphatic carbocycles. The summed E-state index contributed by atoms with van der Waals surface area (Å²) in [5.74, 6) is 0.0697. The molecule has 0 radical (unpaired) electrons. The van der Waals surface area contributed by atoms with Crippen LogP contribution in [0.15, 0.2) is 48.5 Å². The third kappa shape index (κ3) is 4.28. The number of carboxylic acid groups (broad SMARTS) is 1. The third-order valence-electron chi connectivity index (χ3n) is 4.28. The quantitative estimate of drug-likeness (QED) is 0.860. The first-order valence-corrected chi connectivity index (χ1v) is 8.42. The molecule has 0 bridgehead atoms. The van der Waals surface area contributed by atoms with Crippen LogP contribution in [0.2, 0.25) is 5.02 Å². The minimum atomic E-state index is -0.726. The fourth-order valence-corrected chi connectivity index (χ4v) is 3.09. The second kappa shape index (κ2) is 7.69. The van der Waals surface area contributed by atoms with Crippen molar-refractivity contribution in [3.63, 3.8) is 0 Å². The lowest BCUT2D eigenvalue weighted by molar-refractivity contribution is -0.142. The van der Waals surface area contributed by atoms with Crippen LogP contribution in [0, 0.1) is 0 Å². The van der Waals surface area contributed by atoms with Gasteiger partial charge in [-0.3, -0.25) is 9.69 Å². The molecule has 5 heteroatoms. The van der Waals surface area contributed by atoms with Crippen molar-refractivity contribution < 1.29 is 14.6 Å². The van der Waals surface area contributed by atoms with Gasteiger partial charge in [0, 0.05) is 11.6 Å². The van der Waals surface area contributed by atoms with Crippen molar-refractivity contribution in [1.29, 1.82) is 0 Å². The smallest absolute Gasteiger partial charge is 0.320 e. The average molecular weight is 346 g/mol. The van der Waals surface area contributed by atoms with Gasteiger partial charge in [0.15, 0.2) is 0 Å². The maximum atomic E-state index is 11.2. The number of ether oxygens (including phenoxy) is 1. The molecule has 0 saturated carbocycles. The van der Waals surface area contributed by atoms with E-state index in [0.29, 0.717) is 18.2 Å². The molecule has 4 nitrogen and oxygen atoms in total. The highest BCUT2D eigenvalue weighted by Gasteiger charge is 2.30. The number of halogens is 1. The molecule has 1 heterocycles. The van der Waals surface area contributed by atoms with Crippen molar-refractivity contribution in [2.24, 2.45) is 0 Å². The summed E-state index contributed by atoms with van der Waals surface area (Å²) in [7, 11) is 0. The van der Waals surface area contributed by atoms with Crippen LogP contribution < -0.4 is 4.74 Å². The number of likely N-dealkylation sites (tertiary alicyclic amines) is 1. The molecule has 126 valence electrons. The number of nitrogens with zero attached hydrogens (tertiary/aromatic N) is 1. The van der Waals surface area contributed by atoms with Gasteiger partial charge in [0.2, 0.25) is 0 Å². The lowest BCUT2D eigenvalue weighted by atomic mass is 10.1. The van der Waals surface area contributed by atoms with E-state index in [9.17, 15) is 9.90 Å². The van der Waals surface area contributed by atoms with E-state index in [1.165, 1.54) is 0 Å². The van der Waals surface area contributed by atoms with Crippen molar-refractivity contribution in [2.45, 2.75) is 32.0 Å². The zero-order valence-electron chi connectivity index (χ0n) is 13.3. The number of aliphatic carboxylic acids is 1. The fraction of sp³-hybridized carbons (Fsp3) is 0.316. The molecule has 0 spiro atoms. The predicted octanol–water partition coefficient (Wildman–Crippen LogP) is 3.97. The Labute approximate surface area is 146 Å². The van der Waals surface area contributed by atoms with Gasteiger partial charge in [0.05, 0.1) is 0 Å². The molecular weight excluding hydrogens is 326 g/mol. The molecule has 1 aliphatic rings. The second-order valence-corrected chi connectivity index (χ2v) is 6.46. The highest BCUT2D eigenvalue weighted by Crippen LogP contribution is 2.22. The molecule has 1 fully saturated rings. The molecular formula is C19H20ClNO3. The van der Waals surface area contributed by atoms with E-state index in [1.54, 1.807) is 0 Å². The highest BCUT2D eigenvalue weighted by atomic mass is 35.5. The SMILES string of the molecule is O=C(O)C1CCCN1Cc1ccc(OCc2ccc(Cl)cc2)cc1. The molecule has 24 heavy (non-hydrogen) atoms. The molecule has 1 unspecified atom stereocenters. The van der Waals surface area contributed by atoms with Crippen LogP contribution >= 0.6 is 11.6 Å². The van der Waals surface area contributed by atoms with E-state index in [0.717, 1.165) is 36.3 Å². The van der Waals surface area contributed by atoms with Gasteiger partial charge < -0.3 is 9.84 Å². The van der Waals surface area contributed by atoms with Gasteiger partial charge in [-0.25, -0.2) is 0 Å². The normalized spacial score (nSPS) is 17.8. The Morgan fingerprint density at radius 1 is 1.12 bits per heavy atom. The molecule has 2 aromatic carbocycles. The van der Waals surface area contributed by atoms with Gasteiger partial charge in [-0.15, -0.1) is 0 Å². The molecule has 1 saturated heterocycles. The molecule has 0 aromatic heterocycles. The van der Waals surface area contributed by atoms with E-state index >= 15 is 0 Å². The number of carbonyl (C=O) groups is 1. The minimum Gasteiger partial charge on any atom is -0.489 e. The van der Waals surface area contributed by atoms with Gasteiger partial charge in [-0.1, -0.05) is 35.9 Å². The van der Waals surface area contributed by atoms with Gasteiger partial charge in [0.25, 0.3) is 0 Å². The lowest BCUT2D eigenvalue weighted by Crippen LogP contribution is -2.35. The topological polar surface area (TPSA) is 49.8 Å². The first-order chi connectivity index (χ1) is 11.6. The number of hydrogen-bond donors (Lipinski definition) is 1. The maximum absolute atomic E-state index is 11.2. The Bertz CT molecular complexity index is 685. The minimum absolute atomic E-state index is 0.356. The van der Waals surface area contributed by atoms with Crippen LogP contribution in [0.4, 0.5) is 0 Å². The summed E-state index contributed by atoms with van der Waals surface area (Å²) in [6, 6.07) is 15.1. The fourth-order valence-electron chi connectivity index (χ4n) is 2.97. The van der Waals surface area contributed by atoms with Crippen molar-refractivity contribution in [2.75, 3.05) is 6.54 Å². The van der Waals surface area contributed by atoms with Crippen molar-refractivity contribution in [1.82, 2.24) is 4.90 Å². The van der Waals surface area contributed by atoms with Crippen LogP contribution in [0.25, 0.3) is 0 Å². The Morgan fingerprint density at radius 2 is 1.79 bits per heavy atom. The van der Waals surface area contributed by atoms with E-state index in [4.69, 9.17) is 16.3 Å². The zero-order chi connectivity index (χ0) is 16.9. The molecule has 1 N–H and O–H groups in total. The predicted molar refractivity (Wildman–Crippen MR) is 93.3 cm³/mol. The molecule has 1 atom stereocenters. The van der Waals surface area contributed by atoms with Crippen LogP contribution in [-0.2, 0) is 17.9 Å². The van der Waals surface area contributed by atoms with E-state index < -0.39 is 5.97 Å². The van der Waals surface area contributed by atoms with E-state index in [-0.39, 0.29) is 6.04 Å². The Balaban J connectivity index is 1.55. The summed E-state index contributed by atoms with van der Waals surface area (Å²) in [5.41, 5.74) is 2.16. The summed E-state index contributed by atoms with van der Waals surface area (Å²) >= 11 is 5.86. The van der Waals surface area contributed by atoms with Crippen LogP contribution in [0.1, 0.15) is 24.0 Å². The van der Waals surface area contributed by atoms with Crippen LogP contribution in [0.5, 0.6) is 5.75 Å². The Morgan fingerprint density at radius 3 is 2.46 bits per heavy atom. The monoisotopic (exact) mass is 345 g/mol. The molecule has 3 rings (SSSR count). The van der Waals surface area contributed by atoms with Crippen molar-refractivity contribution in [3.05, 3.63) is 64.7 Å². The largest absolute Gasteiger partial charge is 0.489 e. The summed E-state index contributed by atoms with van der Waals surface area (Å²) in [5, 5.41) is 9.94. The molecule has 0 amide bonds. The first kappa shape index (κ1) is 16.8. The maximum Gasteiger partial charge on any atom is 0.320 e. The van der Waals surface area contributed by atoms with Gasteiger partial charge in [0.1, 0.15) is 18.4 Å². The summed E-state index contributed by atoms with van der Waals surface area (Å²) < 4.78 is 5.77. The van der Waals surface area contributed by atoms with Crippen molar-refractivity contribution >= 4 is 17.6 Å². The highest BCUT2D eigenvalue weighted by molar-refractivity contribution is 6.30. The number of rotatable bonds is 6. The lowest BCUT2D eigenvalue weighted by Gasteiger charge is -2.21. The first-order valence-electron chi connectivity index (χ1n) is 8.05. The van der Waals surface area contributed by atoms with Crippen LogP contribution in [0.3, 0.4) is 0 Å². The number of hydrogen-bond acceptors (Lipinski definition) is 3. The van der Waals surface area contributed by atoms with Gasteiger partial charge >= 0.3 is 5.97 Å². The van der Waals surface area contributed by atoms with Crippen LogP contribution in [-0.4, -0.2) is 28.6 Å². The molecule has 2 aromatic rings. The summed E-state index contributed by atoms with van der Waals surface area (Å²) in [6.07, 6.45) is 1.68. The van der Waals surface area contributed by atoms with Gasteiger partial charge in [-0.05, 0) is 54.8 Å². The number of benzene rings is 2. The number of carboxylic acids is 1. The Hall–Kier alpha value is -2.04. The summed E-state index contributed by atoms with van der Waals surface area (Å²) in [4.78, 5) is 13.2. The standard InChI is InChI=1S/C19H20ClNO3/c20-16-7-3-15(4-8-16)13-24-17-9-5-14(6-10-17)12-21-11-1-2-18(21)19(22)23/h3-10,18H,1-2,11-13H2,(H,22,23). The van der Waals surface area contributed by atoms with E-state index in [2.05, 4.69) is 0 Å². The third-order valence-corrected chi connectivity index (χ3v) is 4.53. The molecule has 1 aliphatic heterocycles. The van der Waals surface area contributed by atoms with Gasteiger partial charge in [-0.2, -0.15) is 0 Å².